The molecule has 0 atom stereocenters. The third kappa shape index (κ3) is 4.02. The summed E-state index contributed by atoms with van der Waals surface area (Å²) in [6.45, 7) is 11.6. The highest BCUT2D eigenvalue weighted by Crippen LogP contribution is 2.35. The molecule has 9 nitrogen and oxygen atoms in total. The standard InChI is InChI=1S/C25H28FN9/c1-15(2)35-16(3)31-23-20(35)6-18(8-29-23)22-19(26)9-30-24(33-22)32-21-5-4-17(7-28-21)10-34-13-25(14-34)11-27-12-25/h4-9,15,27H,10-14H2,1-3H3,(H,28,30,32,33). The molecule has 2 fully saturated rings. The van der Waals surface area contributed by atoms with Crippen molar-refractivity contribution in [3.05, 3.63) is 54.0 Å². The van der Waals surface area contributed by atoms with Gasteiger partial charge in [0.1, 0.15) is 17.3 Å². The Kier molecular flexibility index (Phi) is 5.23. The molecule has 2 N–H and O–H groups in total. The fraction of sp³-hybridized carbons (Fsp3) is 0.400. The molecule has 0 amide bonds. The Labute approximate surface area is 202 Å². The molecule has 0 aliphatic carbocycles. The summed E-state index contributed by atoms with van der Waals surface area (Å²) in [5, 5.41) is 6.45. The van der Waals surface area contributed by atoms with E-state index in [-0.39, 0.29) is 17.7 Å². The normalized spacial score (nSPS) is 17.1. The number of imidazole rings is 1. The smallest absolute Gasteiger partial charge is 0.229 e. The summed E-state index contributed by atoms with van der Waals surface area (Å²) in [7, 11) is 0. The maximum atomic E-state index is 14.7. The van der Waals surface area contributed by atoms with Crippen LogP contribution in [0.5, 0.6) is 0 Å². The molecule has 4 aromatic rings. The van der Waals surface area contributed by atoms with Crippen LogP contribution in [0.3, 0.4) is 0 Å². The molecule has 2 saturated heterocycles. The number of aromatic nitrogens is 6. The first-order valence-electron chi connectivity index (χ1n) is 11.9. The Morgan fingerprint density at radius 2 is 1.91 bits per heavy atom. The number of nitrogens with zero attached hydrogens (tertiary/aromatic N) is 7. The minimum atomic E-state index is -0.513. The van der Waals surface area contributed by atoms with Crippen LogP contribution in [0.15, 0.2) is 36.8 Å². The summed E-state index contributed by atoms with van der Waals surface area (Å²) in [5.41, 5.74) is 3.91. The number of aryl methyl sites for hydroxylation is 1. The SMILES string of the molecule is Cc1nc2ncc(-c3nc(Nc4ccc(CN5CC6(CNC6)C5)cn4)ncc3F)cc2n1C(C)C. The summed E-state index contributed by atoms with van der Waals surface area (Å²) in [6, 6.07) is 6.04. The van der Waals surface area contributed by atoms with Crippen LogP contribution in [-0.2, 0) is 6.54 Å². The highest BCUT2D eigenvalue weighted by Gasteiger charge is 2.47. The Hall–Kier alpha value is -3.50. The minimum absolute atomic E-state index is 0.180. The third-order valence-electron chi connectivity index (χ3n) is 6.85. The van der Waals surface area contributed by atoms with Crippen molar-refractivity contribution in [2.45, 2.75) is 33.4 Å². The van der Waals surface area contributed by atoms with E-state index in [1.165, 1.54) is 6.20 Å². The fourth-order valence-electron chi connectivity index (χ4n) is 5.18. The molecule has 0 aromatic carbocycles. The number of anilines is 2. The van der Waals surface area contributed by atoms with Gasteiger partial charge in [-0.1, -0.05) is 6.07 Å². The van der Waals surface area contributed by atoms with Gasteiger partial charge < -0.3 is 15.2 Å². The van der Waals surface area contributed by atoms with Crippen molar-refractivity contribution in [2.75, 3.05) is 31.5 Å². The Bertz CT molecular complexity index is 1380. The maximum absolute atomic E-state index is 14.7. The van der Waals surface area contributed by atoms with Gasteiger partial charge in [-0.2, -0.15) is 0 Å². The van der Waals surface area contributed by atoms with Crippen LogP contribution in [0, 0.1) is 18.2 Å². The van der Waals surface area contributed by atoms with Gasteiger partial charge in [-0.25, -0.2) is 29.3 Å². The van der Waals surface area contributed by atoms with Gasteiger partial charge in [0, 0.05) is 62.1 Å². The van der Waals surface area contributed by atoms with Gasteiger partial charge in [0.2, 0.25) is 5.95 Å². The lowest BCUT2D eigenvalue weighted by Crippen LogP contribution is -2.70. The van der Waals surface area contributed by atoms with Gasteiger partial charge in [-0.3, -0.25) is 4.90 Å². The summed E-state index contributed by atoms with van der Waals surface area (Å²) < 4.78 is 16.8. The van der Waals surface area contributed by atoms with Gasteiger partial charge in [0.15, 0.2) is 11.5 Å². The Balaban J connectivity index is 1.20. The molecule has 6 rings (SSSR count). The number of hydrogen-bond acceptors (Lipinski definition) is 8. The van der Waals surface area contributed by atoms with E-state index in [4.69, 9.17) is 0 Å². The first-order chi connectivity index (χ1) is 16.9. The topological polar surface area (TPSA) is 96.7 Å². The van der Waals surface area contributed by atoms with E-state index >= 15 is 0 Å². The van der Waals surface area contributed by atoms with Gasteiger partial charge >= 0.3 is 0 Å². The summed E-state index contributed by atoms with van der Waals surface area (Å²) in [5.74, 6) is 1.24. The summed E-state index contributed by atoms with van der Waals surface area (Å²) >= 11 is 0. The average Bonchev–Trinajstić information content (AvgIpc) is 3.12. The number of likely N-dealkylation sites (tertiary alicyclic amines) is 1. The number of hydrogen-bond donors (Lipinski definition) is 2. The number of pyridine rings is 2. The third-order valence-corrected chi connectivity index (χ3v) is 6.85. The molecule has 180 valence electrons. The zero-order valence-electron chi connectivity index (χ0n) is 20.1. The fourth-order valence-corrected chi connectivity index (χ4v) is 5.18. The first-order valence-corrected chi connectivity index (χ1v) is 11.9. The van der Waals surface area contributed by atoms with Crippen molar-refractivity contribution in [1.82, 2.24) is 39.7 Å². The monoisotopic (exact) mass is 473 g/mol. The van der Waals surface area contributed by atoms with Crippen LogP contribution in [0.2, 0.25) is 0 Å². The average molecular weight is 474 g/mol. The molecule has 2 aliphatic rings. The number of fused-ring (bicyclic) bond motifs is 1. The number of halogens is 1. The Morgan fingerprint density at radius 1 is 1.09 bits per heavy atom. The lowest BCUT2D eigenvalue weighted by molar-refractivity contribution is -0.0444. The molecule has 0 bridgehead atoms. The molecule has 4 aromatic heterocycles. The van der Waals surface area contributed by atoms with Gasteiger partial charge in [-0.05, 0) is 38.5 Å². The van der Waals surface area contributed by atoms with Crippen molar-refractivity contribution in [3.8, 4) is 11.3 Å². The van der Waals surface area contributed by atoms with E-state index in [0.717, 1.165) is 49.6 Å². The van der Waals surface area contributed by atoms with E-state index in [1.54, 1.807) is 6.20 Å². The molecular weight excluding hydrogens is 445 g/mol. The molecule has 2 aliphatic heterocycles. The van der Waals surface area contributed by atoms with Crippen molar-refractivity contribution in [2.24, 2.45) is 5.41 Å². The predicted octanol–water partition coefficient (Wildman–Crippen LogP) is 3.46. The molecular formula is C25H28FN9. The molecule has 1 spiro atoms. The van der Waals surface area contributed by atoms with Crippen LogP contribution in [0.4, 0.5) is 16.2 Å². The molecule has 0 saturated carbocycles. The van der Waals surface area contributed by atoms with Crippen LogP contribution in [-0.4, -0.2) is 60.6 Å². The maximum Gasteiger partial charge on any atom is 0.229 e. The van der Waals surface area contributed by atoms with E-state index in [1.807, 2.05) is 25.3 Å². The molecule has 10 heteroatoms. The first kappa shape index (κ1) is 22.0. The Morgan fingerprint density at radius 3 is 2.60 bits per heavy atom. The zero-order chi connectivity index (χ0) is 24.2. The molecule has 0 unspecified atom stereocenters. The van der Waals surface area contributed by atoms with E-state index in [9.17, 15) is 4.39 Å². The van der Waals surface area contributed by atoms with Crippen molar-refractivity contribution < 1.29 is 4.39 Å². The van der Waals surface area contributed by atoms with E-state index in [0.29, 0.717) is 22.4 Å². The molecule has 0 radical (unpaired) electrons. The van der Waals surface area contributed by atoms with Crippen molar-refractivity contribution in [3.63, 3.8) is 0 Å². The highest BCUT2D eigenvalue weighted by atomic mass is 19.1. The predicted molar refractivity (Wildman–Crippen MR) is 132 cm³/mol. The lowest BCUT2D eigenvalue weighted by Gasteiger charge is -2.56. The summed E-state index contributed by atoms with van der Waals surface area (Å²) in [6.07, 6.45) is 4.63. The second-order valence-corrected chi connectivity index (χ2v) is 10.0. The van der Waals surface area contributed by atoms with E-state index < -0.39 is 5.82 Å². The lowest BCUT2D eigenvalue weighted by atomic mass is 9.74. The molecule has 6 heterocycles. The molecule has 35 heavy (non-hydrogen) atoms. The van der Waals surface area contributed by atoms with Crippen LogP contribution in [0.1, 0.15) is 31.3 Å². The van der Waals surface area contributed by atoms with Crippen molar-refractivity contribution >= 4 is 22.9 Å². The van der Waals surface area contributed by atoms with Gasteiger partial charge in [0.25, 0.3) is 0 Å². The minimum Gasteiger partial charge on any atom is -0.324 e. The highest BCUT2D eigenvalue weighted by molar-refractivity contribution is 5.78. The zero-order valence-corrected chi connectivity index (χ0v) is 20.1. The van der Waals surface area contributed by atoms with Crippen molar-refractivity contribution in [1.29, 1.82) is 0 Å². The number of nitrogens with one attached hydrogen (secondary N) is 2. The van der Waals surface area contributed by atoms with Crippen LogP contribution < -0.4 is 10.6 Å². The quantitative estimate of drug-likeness (QED) is 0.440. The largest absolute Gasteiger partial charge is 0.324 e. The second-order valence-electron chi connectivity index (χ2n) is 10.0. The van der Waals surface area contributed by atoms with E-state index in [2.05, 4.69) is 64.9 Å². The number of rotatable bonds is 6. The van der Waals surface area contributed by atoms with Gasteiger partial charge in [-0.15, -0.1) is 0 Å². The summed E-state index contributed by atoms with van der Waals surface area (Å²) in [4.78, 5) is 24.4. The van der Waals surface area contributed by atoms with Crippen LogP contribution in [0.25, 0.3) is 22.4 Å². The second kappa shape index (κ2) is 8.31. The van der Waals surface area contributed by atoms with Crippen LogP contribution >= 0.6 is 0 Å². The van der Waals surface area contributed by atoms with Gasteiger partial charge in [0.05, 0.1) is 11.7 Å².